The van der Waals surface area contributed by atoms with E-state index in [1.165, 1.54) is 11.3 Å². The minimum absolute atomic E-state index is 0.245. The fraction of sp³-hybridized carbons (Fsp3) is 0.385. The number of anilines is 2. The van der Waals surface area contributed by atoms with Crippen molar-refractivity contribution in [1.82, 2.24) is 20.3 Å². The number of amides is 1. The quantitative estimate of drug-likeness (QED) is 0.748. The standard InChI is InChI=1S/C13H18N6OS/c1-3-5-16-13-19-11(14)10(21-13)12(20)17-7-9-4-6-15-8(2)18-9/h4,6H,3,5,7,14H2,1-2H3,(H,16,19)(H,17,20). The van der Waals surface area contributed by atoms with E-state index in [0.717, 1.165) is 18.7 Å². The Morgan fingerprint density at radius 3 is 2.95 bits per heavy atom. The van der Waals surface area contributed by atoms with Crippen LogP contribution in [0.3, 0.4) is 0 Å². The van der Waals surface area contributed by atoms with Crippen molar-refractivity contribution in [2.24, 2.45) is 0 Å². The van der Waals surface area contributed by atoms with Crippen LogP contribution in [0.4, 0.5) is 10.9 Å². The van der Waals surface area contributed by atoms with Gasteiger partial charge in [-0.05, 0) is 19.4 Å². The molecular formula is C13H18N6OS. The van der Waals surface area contributed by atoms with Crippen LogP contribution in [0, 0.1) is 6.92 Å². The highest BCUT2D eigenvalue weighted by atomic mass is 32.1. The van der Waals surface area contributed by atoms with Gasteiger partial charge in [0, 0.05) is 12.7 Å². The van der Waals surface area contributed by atoms with Crippen molar-refractivity contribution in [3.05, 3.63) is 28.7 Å². The molecule has 2 aromatic rings. The molecule has 4 N–H and O–H groups in total. The summed E-state index contributed by atoms with van der Waals surface area (Å²) in [6.45, 7) is 4.99. The number of aromatic nitrogens is 3. The Balaban J connectivity index is 1.98. The van der Waals surface area contributed by atoms with E-state index in [1.807, 2.05) is 0 Å². The van der Waals surface area contributed by atoms with Crippen LogP contribution in [0.25, 0.3) is 0 Å². The maximum atomic E-state index is 12.1. The average Bonchev–Trinajstić information content (AvgIpc) is 2.84. The molecule has 112 valence electrons. The first-order chi connectivity index (χ1) is 10.1. The van der Waals surface area contributed by atoms with Gasteiger partial charge in [0.2, 0.25) is 0 Å². The first kappa shape index (κ1) is 15.2. The van der Waals surface area contributed by atoms with E-state index < -0.39 is 0 Å². The molecule has 0 aliphatic carbocycles. The Bertz CT molecular complexity index is 627. The lowest BCUT2D eigenvalue weighted by molar-refractivity contribution is 0.0955. The third kappa shape index (κ3) is 4.12. The number of hydrogen-bond donors (Lipinski definition) is 3. The highest BCUT2D eigenvalue weighted by Crippen LogP contribution is 2.24. The van der Waals surface area contributed by atoms with E-state index in [9.17, 15) is 4.79 Å². The molecular weight excluding hydrogens is 288 g/mol. The smallest absolute Gasteiger partial charge is 0.265 e. The van der Waals surface area contributed by atoms with Crippen LogP contribution in [0.2, 0.25) is 0 Å². The monoisotopic (exact) mass is 306 g/mol. The normalized spacial score (nSPS) is 10.4. The zero-order valence-electron chi connectivity index (χ0n) is 12.0. The van der Waals surface area contributed by atoms with Crippen molar-refractivity contribution in [3.63, 3.8) is 0 Å². The summed E-state index contributed by atoms with van der Waals surface area (Å²) in [5, 5.41) is 6.57. The molecule has 1 amide bonds. The summed E-state index contributed by atoms with van der Waals surface area (Å²) in [4.78, 5) is 24.9. The highest BCUT2D eigenvalue weighted by Gasteiger charge is 2.15. The lowest BCUT2D eigenvalue weighted by Crippen LogP contribution is -2.23. The van der Waals surface area contributed by atoms with Crippen LogP contribution < -0.4 is 16.4 Å². The number of nitrogen functional groups attached to an aromatic ring is 1. The van der Waals surface area contributed by atoms with Crippen molar-refractivity contribution >= 4 is 28.2 Å². The molecule has 8 heteroatoms. The lowest BCUT2D eigenvalue weighted by Gasteiger charge is -2.03. The first-order valence-electron chi connectivity index (χ1n) is 6.67. The number of hydrogen-bond acceptors (Lipinski definition) is 7. The molecule has 0 aliphatic rings. The van der Waals surface area contributed by atoms with E-state index in [4.69, 9.17) is 5.73 Å². The van der Waals surface area contributed by atoms with Gasteiger partial charge in [0.25, 0.3) is 5.91 Å². The number of aryl methyl sites for hydroxylation is 1. The second-order valence-electron chi connectivity index (χ2n) is 4.44. The lowest BCUT2D eigenvalue weighted by atomic mass is 10.3. The largest absolute Gasteiger partial charge is 0.382 e. The Hall–Kier alpha value is -2.22. The number of thiazole rings is 1. The molecule has 2 heterocycles. The summed E-state index contributed by atoms with van der Waals surface area (Å²) in [5.41, 5.74) is 6.53. The number of nitrogens with zero attached hydrogens (tertiary/aromatic N) is 3. The van der Waals surface area contributed by atoms with Crippen LogP contribution in [0.5, 0.6) is 0 Å². The van der Waals surface area contributed by atoms with Gasteiger partial charge in [-0.2, -0.15) is 0 Å². The molecule has 0 fully saturated rings. The summed E-state index contributed by atoms with van der Waals surface area (Å²) in [7, 11) is 0. The fourth-order valence-electron chi connectivity index (χ4n) is 1.66. The third-order valence-electron chi connectivity index (χ3n) is 2.65. The van der Waals surface area contributed by atoms with Crippen molar-refractivity contribution in [2.45, 2.75) is 26.8 Å². The number of rotatable bonds is 6. The molecule has 0 saturated carbocycles. The first-order valence-corrected chi connectivity index (χ1v) is 7.48. The second kappa shape index (κ2) is 6.98. The Morgan fingerprint density at radius 2 is 2.24 bits per heavy atom. The summed E-state index contributed by atoms with van der Waals surface area (Å²) < 4.78 is 0. The van der Waals surface area contributed by atoms with E-state index >= 15 is 0 Å². The summed E-state index contributed by atoms with van der Waals surface area (Å²) in [6.07, 6.45) is 2.64. The van der Waals surface area contributed by atoms with Crippen molar-refractivity contribution in [3.8, 4) is 0 Å². The van der Waals surface area contributed by atoms with E-state index in [0.29, 0.717) is 22.4 Å². The van der Waals surface area contributed by atoms with Crippen molar-refractivity contribution in [2.75, 3.05) is 17.6 Å². The predicted octanol–water partition coefficient (Wildman–Crippen LogP) is 1.58. The molecule has 0 aliphatic heterocycles. The van der Waals surface area contributed by atoms with Crippen molar-refractivity contribution in [1.29, 1.82) is 0 Å². The third-order valence-corrected chi connectivity index (χ3v) is 3.68. The van der Waals surface area contributed by atoms with Gasteiger partial charge in [-0.3, -0.25) is 4.79 Å². The summed E-state index contributed by atoms with van der Waals surface area (Å²) in [5.74, 6) is 0.672. The Labute approximate surface area is 127 Å². The predicted molar refractivity (Wildman–Crippen MR) is 83.2 cm³/mol. The van der Waals surface area contributed by atoms with Gasteiger partial charge >= 0.3 is 0 Å². The van der Waals surface area contributed by atoms with Gasteiger partial charge in [0.15, 0.2) is 5.13 Å². The van der Waals surface area contributed by atoms with Crippen LogP contribution in [0.1, 0.15) is 34.5 Å². The molecule has 0 atom stereocenters. The van der Waals surface area contributed by atoms with Gasteiger partial charge in [0.05, 0.1) is 12.2 Å². The van der Waals surface area contributed by atoms with Gasteiger partial charge in [-0.1, -0.05) is 18.3 Å². The zero-order chi connectivity index (χ0) is 15.2. The SMILES string of the molecule is CCCNc1nc(N)c(C(=O)NCc2ccnc(C)n2)s1. The molecule has 2 aromatic heterocycles. The number of carbonyl (C=O) groups excluding carboxylic acids is 1. The minimum Gasteiger partial charge on any atom is -0.382 e. The average molecular weight is 306 g/mol. The van der Waals surface area contributed by atoms with Crippen LogP contribution in [-0.2, 0) is 6.54 Å². The molecule has 0 unspecified atom stereocenters. The van der Waals surface area contributed by atoms with E-state index in [2.05, 4.69) is 32.5 Å². The molecule has 0 radical (unpaired) electrons. The molecule has 7 nitrogen and oxygen atoms in total. The van der Waals surface area contributed by atoms with Gasteiger partial charge in [-0.15, -0.1) is 0 Å². The fourth-order valence-corrected chi connectivity index (χ4v) is 2.48. The number of carbonyl (C=O) groups is 1. The maximum Gasteiger partial charge on any atom is 0.265 e. The van der Waals surface area contributed by atoms with Crippen LogP contribution >= 0.6 is 11.3 Å². The summed E-state index contributed by atoms with van der Waals surface area (Å²) >= 11 is 1.25. The van der Waals surface area contributed by atoms with Crippen molar-refractivity contribution < 1.29 is 4.79 Å². The van der Waals surface area contributed by atoms with Crippen LogP contribution in [-0.4, -0.2) is 27.4 Å². The molecule has 0 aromatic carbocycles. The van der Waals surface area contributed by atoms with E-state index in [1.54, 1.807) is 19.2 Å². The second-order valence-corrected chi connectivity index (χ2v) is 5.44. The number of nitrogens with two attached hydrogens (primary N) is 1. The Morgan fingerprint density at radius 1 is 1.43 bits per heavy atom. The molecule has 21 heavy (non-hydrogen) atoms. The zero-order valence-corrected chi connectivity index (χ0v) is 12.8. The molecule has 0 bridgehead atoms. The van der Waals surface area contributed by atoms with Crippen LogP contribution in [0.15, 0.2) is 12.3 Å². The minimum atomic E-state index is -0.245. The van der Waals surface area contributed by atoms with Gasteiger partial charge < -0.3 is 16.4 Å². The highest BCUT2D eigenvalue weighted by molar-refractivity contribution is 7.18. The topological polar surface area (TPSA) is 106 Å². The van der Waals surface area contributed by atoms with Gasteiger partial charge in [0.1, 0.15) is 16.5 Å². The number of nitrogens with one attached hydrogen (secondary N) is 2. The molecule has 0 spiro atoms. The Kier molecular flexibility index (Phi) is 5.04. The molecule has 2 rings (SSSR count). The summed E-state index contributed by atoms with van der Waals surface area (Å²) in [6, 6.07) is 1.76. The molecule has 0 saturated heterocycles. The maximum absolute atomic E-state index is 12.1. The van der Waals surface area contributed by atoms with Gasteiger partial charge in [-0.25, -0.2) is 15.0 Å². The van der Waals surface area contributed by atoms with E-state index in [-0.39, 0.29) is 11.7 Å².